The molecule has 4 nitrogen and oxygen atoms in total. The lowest BCUT2D eigenvalue weighted by molar-refractivity contribution is -0.212. The number of aromatic nitrogens is 2. The van der Waals surface area contributed by atoms with Gasteiger partial charge in [0.05, 0.1) is 11.8 Å². The zero-order valence-electron chi connectivity index (χ0n) is 8.85. The molecule has 0 fully saturated rings. The van der Waals surface area contributed by atoms with Crippen LogP contribution in [0.25, 0.3) is 11.1 Å². The summed E-state index contributed by atoms with van der Waals surface area (Å²) in [5, 5.41) is 11.9. The van der Waals surface area contributed by atoms with Crippen LogP contribution in [-0.2, 0) is 6.30 Å². The van der Waals surface area contributed by atoms with E-state index in [1.165, 1.54) is 24.3 Å². The highest BCUT2D eigenvalue weighted by molar-refractivity contribution is 5.88. The highest BCUT2D eigenvalue weighted by Gasteiger charge is 2.31. The van der Waals surface area contributed by atoms with Crippen molar-refractivity contribution in [2.45, 2.75) is 6.30 Å². The van der Waals surface area contributed by atoms with Crippen LogP contribution in [0.4, 0.5) is 13.2 Å². The Morgan fingerprint density at radius 1 is 1.17 bits per heavy atom. The third kappa shape index (κ3) is 2.34. The molecule has 2 aromatic rings. The van der Waals surface area contributed by atoms with E-state index in [1.54, 1.807) is 0 Å². The van der Waals surface area contributed by atoms with Gasteiger partial charge in [-0.2, -0.15) is 9.78 Å². The lowest BCUT2D eigenvalue weighted by Gasteiger charge is -2.04. The average Bonchev–Trinajstić information content (AvgIpc) is 2.78. The molecular weight excluding hydrogens is 249 g/mol. The highest BCUT2D eigenvalue weighted by atomic mass is 19.4. The molecule has 0 bridgehead atoms. The van der Waals surface area contributed by atoms with Gasteiger partial charge in [0.1, 0.15) is 0 Å². The minimum atomic E-state index is -4.56. The first-order chi connectivity index (χ1) is 8.38. The molecule has 94 valence electrons. The number of carboxylic acids is 1. The summed E-state index contributed by atoms with van der Waals surface area (Å²) in [5.41, 5.74) is 0.807. The second kappa shape index (κ2) is 4.17. The molecule has 0 saturated heterocycles. The first-order valence-electron chi connectivity index (χ1n) is 4.83. The van der Waals surface area contributed by atoms with Gasteiger partial charge >= 0.3 is 12.3 Å². The van der Waals surface area contributed by atoms with Crippen molar-refractivity contribution in [3.63, 3.8) is 0 Å². The lowest BCUT2D eigenvalue weighted by Crippen LogP contribution is -2.16. The zero-order chi connectivity index (χ0) is 13.3. The topological polar surface area (TPSA) is 55.1 Å². The molecule has 18 heavy (non-hydrogen) atoms. The Morgan fingerprint density at radius 3 is 2.22 bits per heavy atom. The number of hydrogen-bond donors (Lipinski definition) is 1. The van der Waals surface area contributed by atoms with E-state index in [2.05, 4.69) is 5.10 Å². The molecule has 0 aliphatic heterocycles. The quantitative estimate of drug-likeness (QED) is 0.898. The van der Waals surface area contributed by atoms with Gasteiger partial charge in [-0.05, 0) is 17.7 Å². The third-order valence-electron chi connectivity index (χ3n) is 2.31. The maximum absolute atomic E-state index is 12.3. The van der Waals surface area contributed by atoms with Crippen molar-refractivity contribution in [3.8, 4) is 11.1 Å². The summed E-state index contributed by atoms with van der Waals surface area (Å²) in [7, 11) is 0. The van der Waals surface area contributed by atoms with E-state index in [-0.39, 0.29) is 15.8 Å². The monoisotopic (exact) mass is 256 g/mol. The Balaban J connectivity index is 2.32. The summed E-state index contributed by atoms with van der Waals surface area (Å²) >= 11 is 0. The van der Waals surface area contributed by atoms with Crippen LogP contribution < -0.4 is 0 Å². The van der Waals surface area contributed by atoms with Gasteiger partial charge in [-0.1, -0.05) is 12.1 Å². The van der Waals surface area contributed by atoms with Crippen LogP contribution in [0.2, 0.25) is 0 Å². The van der Waals surface area contributed by atoms with Gasteiger partial charge in [0, 0.05) is 11.8 Å². The SMILES string of the molecule is O=C(O)c1ccc(-c2cnn(C(F)(F)F)c2)cc1. The summed E-state index contributed by atoms with van der Waals surface area (Å²) < 4.78 is 36.8. The van der Waals surface area contributed by atoms with Gasteiger partial charge in [0.25, 0.3) is 0 Å². The van der Waals surface area contributed by atoms with Gasteiger partial charge in [0.2, 0.25) is 0 Å². The van der Waals surface area contributed by atoms with Crippen LogP contribution in [0.3, 0.4) is 0 Å². The highest BCUT2D eigenvalue weighted by Crippen LogP contribution is 2.25. The molecule has 2 rings (SSSR count). The molecule has 0 aliphatic rings. The van der Waals surface area contributed by atoms with Crippen molar-refractivity contribution < 1.29 is 23.1 Å². The Labute approximate surface area is 99.3 Å². The number of nitrogens with zero attached hydrogens (tertiary/aromatic N) is 2. The zero-order valence-corrected chi connectivity index (χ0v) is 8.85. The summed E-state index contributed by atoms with van der Waals surface area (Å²) in [6.45, 7) is 0. The second-order valence-electron chi connectivity index (χ2n) is 3.52. The van der Waals surface area contributed by atoms with Crippen molar-refractivity contribution in [2.75, 3.05) is 0 Å². The Bertz CT molecular complexity index is 573. The third-order valence-corrected chi connectivity index (χ3v) is 2.31. The number of alkyl halides is 3. The van der Waals surface area contributed by atoms with Crippen molar-refractivity contribution in [1.82, 2.24) is 9.78 Å². The number of aromatic carboxylic acids is 1. The summed E-state index contributed by atoms with van der Waals surface area (Å²) in [6, 6.07) is 5.51. The number of halogens is 3. The van der Waals surface area contributed by atoms with E-state index in [0.29, 0.717) is 5.56 Å². The molecule has 0 aliphatic carbocycles. The van der Waals surface area contributed by atoms with E-state index in [9.17, 15) is 18.0 Å². The van der Waals surface area contributed by atoms with Crippen LogP contribution in [0.15, 0.2) is 36.7 Å². The largest absolute Gasteiger partial charge is 0.504 e. The molecule has 1 aromatic heterocycles. The molecule has 0 radical (unpaired) electrons. The summed E-state index contributed by atoms with van der Waals surface area (Å²) in [5.74, 6) is -1.09. The standard InChI is InChI=1S/C11H7F3N2O2/c12-11(13,14)16-6-9(5-15-16)7-1-3-8(4-2-7)10(17)18/h1-6H,(H,17,18). The van der Waals surface area contributed by atoms with Crippen molar-refractivity contribution in [3.05, 3.63) is 42.2 Å². The molecule has 0 amide bonds. The fourth-order valence-electron chi connectivity index (χ4n) is 1.42. The number of hydrogen-bond acceptors (Lipinski definition) is 2. The predicted molar refractivity (Wildman–Crippen MR) is 55.9 cm³/mol. The number of carbonyl (C=O) groups is 1. The van der Waals surface area contributed by atoms with Crippen LogP contribution in [0.5, 0.6) is 0 Å². The molecular formula is C11H7F3N2O2. The smallest absolute Gasteiger partial charge is 0.478 e. The summed E-state index contributed by atoms with van der Waals surface area (Å²) in [4.78, 5) is 10.6. The first kappa shape index (κ1) is 12.2. The van der Waals surface area contributed by atoms with Crippen molar-refractivity contribution in [2.24, 2.45) is 0 Å². The molecule has 1 heterocycles. The second-order valence-corrected chi connectivity index (χ2v) is 3.52. The summed E-state index contributed by atoms with van der Waals surface area (Å²) in [6.07, 6.45) is -2.64. The number of rotatable bonds is 2. The van der Waals surface area contributed by atoms with Crippen LogP contribution in [-0.4, -0.2) is 20.9 Å². The maximum atomic E-state index is 12.3. The van der Waals surface area contributed by atoms with Gasteiger partial charge < -0.3 is 5.11 Å². The van der Waals surface area contributed by atoms with Crippen LogP contribution >= 0.6 is 0 Å². The molecule has 0 atom stereocenters. The lowest BCUT2D eigenvalue weighted by atomic mass is 10.1. The van der Waals surface area contributed by atoms with Gasteiger partial charge in [-0.3, -0.25) is 0 Å². The first-order valence-corrected chi connectivity index (χ1v) is 4.83. The number of benzene rings is 1. The fourth-order valence-corrected chi connectivity index (χ4v) is 1.42. The fraction of sp³-hybridized carbons (Fsp3) is 0.0909. The van der Waals surface area contributed by atoms with Gasteiger partial charge in [-0.25, -0.2) is 4.79 Å². The van der Waals surface area contributed by atoms with Crippen molar-refractivity contribution >= 4 is 5.97 Å². The molecule has 0 saturated carbocycles. The van der Waals surface area contributed by atoms with E-state index < -0.39 is 12.3 Å². The van der Waals surface area contributed by atoms with E-state index in [0.717, 1.165) is 12.4 Å². The minimum absolute atomic E-state index is 0.0713. The minimum Gasteiger partial charge on any atom is -0.478 e. The Hall–Kier alpha value is -2.31. The van der Waals surface area contributed by atoms with Crippen molar-refractivity contribution in [1.29, 1.82) is 0 Å². The predicted octanol–water partition coefficient (Wildman–Crippen LogP) is 2.72. The van der Waals surface area contributed by atoms with Gasteiger partial charge in [-0.15, -0.1) is 13.2 Å². The van der Waals surface area contributed by atoms with E-state index in [4.69, 9.17) is 5.11 Å². The Morgan fingerprint density at radius 2 is 1.78 bits per heavy atom. The normalized spacial score (nSPS) is 11.5. The molecule has 0 spiro atoms. The van der Waals surface area contributed by atoms with E-state index in [1.807, 2.05) is 0 Å². The average molecular weight is 256 g/mol. The molecule has 7 heteroatoms. The van der Waals surface area contributed by atoms with Crippen LogP contribution in [0.1, 0.15) is 10.4 Å². The molecule has 1 N–H and O–H groups in total. The maximum Gasteiger partial charge on any atom is 0.504 e. The Kier molecular flexibility index (Phi) is 2.82. The molecule has 1 aromatic carbocycles. The molecule has 0 unspecified atom stereocenters. The van der Waals surface area contributed by atoms with E-state index >= 15 is 0 Å². The number of carboxylic acid groups (broad SMARTS) is 1. The van der Waals surface area contributed by atoms with Gasteiger partial charge in [0.15, 0.2) is 0 Å². The van der Waals surface area contributed by atoms with Crippen LogP contribution in [0, 0.1) is 0 Å².